The van der Waals surface area contributed by atoms with Crippen molar-refractivity contribution in [3.8, 4) is 0 Å². The molecule has 0 aliphatic carbocycles. The second kappa shape index (κ2) is 6.40. The highest BCUT2D eigenvalue weighted by Gasteiger charge is 2.13. The SMILES string of the molecule is CCC(C)C(O)CNC(=O)c1ccc(C)cc1. The molecule has 1 aromatic carbocycles. The van der Waals surface area contributed by atoms with E-state index in [9.17, 15) is 9.90 Å². The van der Waals surface area contributed by atoms with Crippen molar-refractivity contribution in [1.82, 2.24) is 5.32 Å². The van der Waals surface area contributed by atoms with Gasteiger partial charge in [-0.1, -0.05) is 38.0 Å². The van der Waals surface area contributed by atoms with Gasteiger partial charge in [-0.15, -0.1) is 0 Å². The van der Waals surface area contributed by atoms with Crippen LogP contribution in [-0.2, 0) is 0 Å². The summed E-state index contributed by atoms with van der Waals surface area (Å²) in [6.07, 6.45) is 0.427. The second-order valence-electron chi connectivity index (χ2n) is 4.53. The molecule has 2 unspecified atom stereocenters. The molecule has 2 atom stereocenters. The van der Waals surface area contributed by atoms with E-state index >= 15 is 0 Å². The Morgan fingerprint density at radius 2 is 1.94 bits per heavy atom. The number of rotatable bonds is 5. The van der Waals surface area contributed by atoms with Gasteiger partial charge in [0, 0.05) is 12.1 Å². The van der Waals surface area contributed by atoms with E-state index in [4.69, 9.17) is 0 Å². The van der Waals surface area contributed by atoms with Gasteiger partial charge in [0.1, 0.15) is 0 Å². The zero-order valence-corrected chi connectivity index (χ0v) is 10.7. The molecular formula is C14H21NO2. The first-order valence-electron chi connectivity index (χ1n) is 6.07. The molecule has 94 valence electrons. The lowest BCUT2D eigenvalue weighted by Crippen LogP contribution is -2.35. The molecule has 0 saturated heterocycles. The number of carbonyl (C=O) groups is 1. The average Bonchev–Trinajstić information content (AvgIpc) is 2.35. The third kappa shape index (κ3) is 4.19. The number of hydrogen-bond donors (Lipinski definition) is 2. The normalized spacial score (nSPS) is 14.1. The summed E-state index contributed by atoms with van der Waals surface area (Å²) in [5.41, 5.74) is 1.76. The van der Waals surface area contributed by atoms with E-state index in [-0.39, 0.29) is 11.8 Å². The quantitative estimate of drug-likeness (QED) is 0.821. The van der Waals surface area contributed by atoms with E-state index in [0.29, 0.717) is 12.1 Å². The van der Waals surface area contributed by atoms with Crippen LogP contribution in [0.2, 0.25) is 0 Å². The maximum Gasteiger partial charge on any atom is 0.251 e. The Bertz CT molecular complexity index is 359. The van der Waals surface area contributed by atoms with E-state index in [1.165, 1.54) is 0 Å². The molecule has 0 heterocycles. The summed E-state index contributed by atoms with van der Waals surface area (Å²) in [6, 6.07) is 7.39. The van der Waals surface area contributed by atoms with E-state index in [0.717, 1.165) is 12.0 Å². The maximum atomic E-state index is 11.7. The predicted molar refractivity (Wildman–Crippen MR) is 69.0 cm³/mol. The summed E-state index contributed by atoms with van der Waals surface area (Å²) in [7, 11) is 0. The van der Waals surface area contributed by atoms with Crippen LogP contribution >= 0.6 is 0 Å². The molecule has 0 aliphatic heterocycles. The first-order chi connectivity index (χ1) is 8.04. The van der Waals surface area contributed by atoms with Gasteiger partial charge in [-0.2, -0.15) is 0 Å². The highest BCUT2D eigenvalue weighted by molar-refractivity contribution is 5.94. The zero-order valence-electron chi connectivity index (χ0n) is 10.7. The zero-order chi connectivity index (χ0) is 12.8. The summed E-state index contributed by atoms with van der Waals surface area (Å²) < 4.78 is 0. The summed E-state index contributed by atoms with van der Waals surface area (Å²) in [6.45, 7) is 6.29. The summed E-state index contributed by atoms with van der Waals surface area (Å²) in [5.74, 6) is 0.0701. The largest absolute Gasteiger partial charge is 0.391 e. The van der Waals surface area contributed by atoms with Gasteiger partial charge in [0.25, 0.3) is 5.91 Å². The number of aliphatic hydroxyl groups excluding tert-OH is 1. The molecule has 1 amide bonds. The Morgan fingerprint density at radius 1 is 1.35 bits per heavy atom. The van der Waals surface area contributed by atoms with Crippen LogP contribution in [-0.4, -0.2) is 23.7 Å². The number of hydrogen-bond acceptors (Lipinski definition) is 2. The van der Waals surface area contributed by atoms with Crippen LogP contribution in [0.1, 0.15) is 36.2 Å². The molecule has 2 N–H and O–H groups in total. The smallest absolute Gasteiger partial charge is 0.251 e. The van der Waals surface area contributed by atoms with Crippen molar-refractivity contribution in [2.24, 2.45) is 5.92 Å². The van der Waals surface area contributed by atoms with Crippen LogP contribution in [0.3, 0.4) is 0 Å². The average molecular weight is 235 g/mol. The fourth-order valence-corrected chi connectivity index (χ4v) is 1.48. The van der Waals surface area contributed by atoms with Crippen molar-refractivity contribution in [2.45, 2.75) is 33.3 Å². The first-order valence-corrected chi connectivity index (χ1v) is 6.07. The molecule has 0 aliphatic rings. The summed E-state index contributed by atoms with van der Waals surface area (Å²) in [4.78, 5) is 11.7. The number of nitrogens with one attached hydrogen (secondary N) is 1. The third-order valence-corrected chi connectivity index (χ3v) is 3.09. The maximum absolute atomic E-state index is 11.7. The minimum absolute atomic E-state index is 0.132. The highest BCUT2D eigenvalue weighted by atomic mass is 16.3. The van der Waals surface area contributed by atoms with Crippen molar-refractivity contribution in [2.75, 3.05) is 6.54 Å². The minimum Gasteiger partial charge on any atom is -0.391 e. The number of aliphatic hydroxyl groups is 1. The van der Waals surface area contributed by atoms with Gasteiger partial charge in [-0.25, -0.2) is 0 Å². The lowest BCUT2D eigenvalue weighted by atomic mass is 10.0. The highest BCUT2D eigenvalue weighted by Crippen LogP contribution is 2.07. The fourth-order valence-electron chi connectivity index (χ4n) is 1.48. The molecule has 17 heavy (non-hydrogen) atoms. The fraction of sp³-hybridized carbons (Fsp3) is 0.500. The number of benzene rings is 1. The van der Waals surface area contributed by atoms with E-state index in [1.807, 2.05) is 32.9 Å². The van der Waals surface area contributed by atoms with Crippen molar-refractivity contribution in [3.05, 3.63) is 35.4 Å². The van der Waals surface area contributed by atoms with Crippen LogP contribution in [0.4, 0.5) is 0 Å². The van der Waals surface area contributed by atoms with Crippen molar-refractivity contribution >= 4 is 5.91 Å². The van der Waals surface area contributed by atoms with Gasteiger partial charge in [0.15, 0.2) is 0 Å². The lowest BCUT2D eigenvalue weighted by Gasteiger charge is -2.17. The molecular weight excluding hydrogens is 214 g/mol. The molecule has 3 heteroatoms. The van der Waals surface area contributed by atoms with Gasteiger partial charge < -0.3 is 10.4 Å². The Kier molecular flexibility index (Phi) is 5.16. The monoisotopic (exact) mass is 235 g/mol. The molecule has 1 rings (SSSR count). The molecule has 1 aromatic rings. The van der Waals surface area contributed by atoms with Crippen molar-refractivity contribution in [1.29, 1.82) is 0 Å². The van der Waals surface area contributed by atoms with Gasteiger partial charge in [-0.05, 0) is 25.0 Å². The molecule has 0 aromatic heterocycles. The summed E-state index contributed by atoms with van der Waals surface area (Å²) in [5, 5.41) is 12.5. The Balaban J connectivity index is 2.47. The molecule has 0 radical (unpaired) electrons. The Hall–Kier alpha value is -1.35. The molecule has 0 spiro atoms. The molecule has 0 fully saturated rings. The first kappa shape index (κ1) is 13.7. The number of amides is 1. The number of carbonyl (C=O) groups excluding carboxylic acids is 1. The molecule has 0 bridgehead atoms. The minimum atomic E-state index is -0.477. The van der Waals surface area contributed by atoms with Crippen LogP contribution in [0.15, 0.2) is 24.3 Å². The van der Waals surface area contributed by atoms with Gasteiger partial charge in [-0.3, -0.25) is 4.79 Å². The van der Waals surface area contributed by atoms with Crippen molar-refractivity contribution in [3.63, 3.8) is 0 Å². The Labute approximate surface area is 103 Å². The Morgan fingerprint density at radius 3 is 2.47 bits per heavy atom. The van der Waals surface area contributed by atoms with E-state index in [2.05, 4.69) is 5.32 Å². The second-order valence-corrected chi connectivity index (χ2v) is 4.53. The van der Waals surface area contributed by atoms with Crippen LogP contribution in [0.25, 0.3) is 0 Å². The molecule has 3 nitrogen and oxygen atoms in total. The lowest BCUT2D eigenvalue weighted by molar-refractivity contribution is 0.0850. The number of aryl methyl sites for hydroxylation is 1. The molecule has 0 saturated carbocycles. The third-order valence-electron chi connectivity index (χ3n) is 3.09. The van der Waals surface area contributed by atoms with Crippen molar-refractivity contribution < 1.29 is 9.90 Å². The standard InChI is InChI=1S/C14H21NO2/c1-4-11(3)13(16)9-15-14(17)12-7-5-10(2)6-8-12/h5-8,11,13,16H,4,9H2,1-3H3,(H,15,17). The van der Waals surface area contributed by atoms with Crippen LogP contribution in [0, 0.1) is 12.8 Å². The topological polar surface area (TPSA) is 49.3 Å². The van der Waals surface area contributed by atoms with E-state index < -0.39 is 6.10 Å². The van der Waals surface area contributed by atoms with Gasteiger partial charge in [0.05, 0.1) is 6.10 Å². The van der Waals surface area contributed by atoms with Crippen LogP contribution < -0.4 is 5.32 Å². The van der Waals surface area contributed by atoms with Crippen LogP contribution in [0.5, 0.6) is 0 Å². The predicted octanol–water partition coefficient (Wildman–Crippen LogP) is 2.13. The summed E-state index contributed by atoms with van der Waals surface area (Å²) >= 11 is 0. The van der Waals surface area contributed by atoms with E-state index in [1.54, 1.807) is 12.1 Å². The van der Waals surface area contributed by atoms with Gasteiger partial charge in [0.2, 0.25) is 0 Å². The van der Waals surface area contributed by atoms with Gasteiger partial charge >= 0.3 is 0 Å².